The smallest absolute Gasteiger partial charge is 0.253 e. The number of nitrogens with zero attached hydrogens (tertiary/aromatic N) is 2. The molecule has 4 nitrogen and oxygen atoms in total. The molecule has 108 valence electrons. The first-order valence-corrected chi connectivity index (χ1v) is 7.61. The zero-order chi connectivity index (χ0) is 13.9. The Balaban J connectivity index is 1.63. The van der Waals surface area contributed by atoms with Crippen LogP contribution in [0.15, 0.2) is 24.3 Å². The number of carbonyl (C=O) groups excluding carboxylic acids is 1. The first-order valence-electron chi connectivity index (χ1n) is 7.23. The fourth-order valence-electron chi connectivity index (χ4n) is 3.08. The molecule has 0 saturated carbocycles. The number of hydrogen-bond acceptors (Lipinski definition) is 3. The summed E-state index contributed by atoms with van der Waals surface area (Å²) in [5.41, 5.74) is 0.693. The molecule has 1 N–H and O–H groups in total. The molecule has 0 radical (unpaired) electrons. The van der Waals surface area contributed by atoms with Crippen molar-refractivity contribution in [3.8, 4) is 0 Å². The molecule has 1 aromatic rings. The highest BCUT2D eigenvalue weighted by Gasteiger charge is 2.31. The Morgan fingerprint density at radius 1 is 1.25 bits per heavy atom. The van der Waals surface area contributed by atoms with E-state index in [9.17, 15) is 4.79 Å². The topological polar surface area (TPSA) is 35.6 Å². The summed E-state index contributed by atoms with van der Waals surface area (Å²) in [6.45, 7) is 5.97. The Bertz CT molecular complexity index is 488. The standard InChI is InChI=1S/C15H20ClN3O/c16-13-3-1-2-12(10-13)15(20)19-7-4-14(11-19)18-8-5-17-6-9-18/h1-3,10,14,17H,4-9,11H2. The zero-order valence-corrected chi connectivity index (χ0v) is 12.3. The molecule has 1 amide bonds. The fraction of sp³-hybridized carbons (Fsp3) is 0.533. The molecule has 1 atom stereocenters. The van der Waals surface area contributed by atoms with Crippen LogP contribution < -0.4 is 5.32 Å². The van der Waals surface area contributed by atoms with E-state index in [0.29, 0.717) is 16.6 Å². The summed E-state index contributed by atoms with van der Waals surface area (Å²) in [4.78, 5) is 16.9. The number of halogens is 1. The number of amides is 1. The zero-order valence-electron chi connectivity index (χ0n) is 11.5. The third-order valence-electron chi connectivity index (χ3n) is 4.19. The lowest BCUT2D eigenvalue weighted by molar-refractivity contribution is 0.0773. The second-order valence-electron chi connectivity index (χ2n) is 5.49. The first-order chi connectivity index (χ1) is 9.74. The average molecular weight is 294 g/mol. The molecule has 2 aliphatic rings. The van der Waals surface area contributed by atoms with Gasteiger partial charge in [-0.3, -0.25) is 9.69 Å². The molecule has 0 aliphatic carbocycles. The number of benzene rings is 1. The van der Waals surface area contributed by atoms with Crippen LogP contribution in [0.25, 0.3) is 0 Å². The largest absolute Gasteiger partial charge is 0.337 e. The summed E-state index contributed by atoms with van der Waals surface area (Å²) in [7, 11) is 0. The van der Waals surface area contributed by atoms with Crippen LogP contribution in [0.2, 0.25) is 5.02 Å². The molecular weight excluding hydrogens is 274 g/mol. The molecule has 2 aliphatic heterocycles. The summed E-state index contributed by atoms with van der Waals surface area (Å²) in [5, 5.41) is 3.99. The highest BCUT2D eigenvalue weighted by atomic mass is 35.5. The minimum Gasteiger partial charge on any atom is -0.337 e. The number of rotatable bonds is 2. The van der Waals surface area contributed by atoms with Gasteiger partial charge in [0.25, 0.3) is 5.91 Å². The number of piperazine rings is 1. The van der Waals surface area contributed by atoms with E-state index < -0.39 is 0 Å². The highest BCUT2D eigenvalue weighted by Crippen LogP contribution is 2.20. The molecular formula is C15H20ClN3O. The predicted octanol–water partition coefficient (Wildman–Crippen LogP) is 1.46. The molecule has 1 unspecified atom stereocenters. The van der Waals surface area contributed by atoms with Gasteiger partial charge in [-0.1, -0.05) is 17.7 Å². The van der Waals surface area contributed by atoms with Crippen LogP contribution in [0, 0.1) is 0 Å². The Kier molecular flexibility index (Phi) is 4.24. The highest BCUT2D eigenvalue weighted by molar-refractivity contribution is 6.30. The van der Waals surface area contributed by atoms with E-state index in [1.807, 2.05) is 17.0 Å². The Labute approximate surface area is 124 Å². The van der Waals surface area contributed by atoms with Crippen LogP contribution >= 0.6 is 11.6 Å². The molecule has 3 rings (SSSR count). The first kappa shape index (κ1) is 13.9. The number of likely N-dealkylation sites (tertiary alicyclic amines) is 1. The Morgan fingerprint density at radius 3 is 2.80 bits per heavy atom. The summed E-state index contributed by atoms with van der Waals surface area (Å²) >= 11 is 5.96. The maximum absolute atomic E-state index is 12.5. The van der Waals surface area contributed by atoms with Crippen LogP contribution in [0.1, 0.15) is 16.8 Å². The molecule has 2 saturated heterocycles. The van der Waals surface area contributed by atoms with Gasteiger partial charge in [0.1, 0.15) is 0 Å². The summed E-state index contributed by atoms with van der Waals surface area (Å²) < 4.78 is 0. The summed E-state index contributed by atoms with van der Waals surface area (Å²) in [5.74, 6) is 0.102. The molecule has 20 heavy (non-hydrogen) atoms. The van der Waals surface area contributed by atoms with Crippen LogP contribution in [-0.2, 0) is 0 Å². The van der Waals surface area contributed by atoms with E-state index in [1.165, 1.54) is 0 Å². The lowest BCUT2D eigenvalue weighted by Gasteiger charge is -2.32. The normalized spacial score (nSPS) is 24.1. The second kappa shape index (κ2) is 6.12. The molecule has 2 fully saturated rings. The van der Waals surface area contributed by atoms with E-state index >= 15 is 0 Å². The van der Waals surface area contributed by atoms with Gasteiger partial charge in [0, 0.05) is 55.9 Å². The van der Waals surface area contributed by atoms with Crippen molar-refractivity contribution in [1.82, 2.24) is 15.1 Å². The predicted molar refractivity (Wildman–Crippen MR) is 80.2 cm³/mol. The van der Waals surface area contributed by atoms with Gasteiger partial charge in [-0.15, -0.1) is 0 Å². The van der Waals surface area contributed by atoms with Gasteiger partial charge in [-0.2, -0.15) is 0 Å². The Morgan fingerprint density at radius 2 is 2.05 bits per heavy atom. The van der Waals surface area contributed by atoms with Gasteiger partial charge in [-0.25, -0.2) is 0 Å². The van der Waals surface area contributed by atoms with Gasteiger partial charge >= 0.3 is 0 Å². The number of nitrogens with one attached hydrogen (secondary N) is 1. The van der Waals surface area contributed by atoms with Gasteiger partial charge in [0.15, 0.2) is 0 Å². The third-order valence-corrected chi connectivity index (χ3v) is 4.43. The second-order valence-corrected chi connectivity index (χ2v) is 5.93. The van der Waals surface area contributed by atoms with Crippen LogP contribution in [0.3, 0.4) is 0 Å². The van der Waals surface area contributed by atoms with Gasteiger partial charge in [0.05, 0.1) is 0 Å². The van der Waals surface area contributed by atoms with Crippen molar-refractivity contribution in [2.24, 2.45) is 0 Å². The maximum atomic E-state index is 12.5. The Hall–Kier alpha value is -1.10. The van der Waals surface area contributed by atoms with Crippen molar-refractivity contribution in [2.45, 2.75) is 12.5 Å². The van der Waals surface area contributed by atoms with Crippen LogP contribution in [0.5, 0.6) is 0 Å². The SMILES string of the molecule is O=C(c1cccc(Cl)c1)N1CCC(N2CCNCC2)C1. The molecule has 0 bridgehead atoms. The summed E-state index contributed by atoms with van der Waals surface area (Å²) in [6, 6.07) is 7.74. The van der Waals surface area contributed by atoms with E-state index in [-0.39, 0.29) is 5.91 Å². The third kappa shape index (κ3) is 2.97. The minimum atomic E-state index is 0.102. The quantitative estimate of drug-likeness (QED) is 0.897. The minimum absolute atomic E-state index is 0.102. The van der Waals surface area contributed by atoms with Gasteiger partial charge in [0.2, 0.25) is 0 Å². The van der Waals surface area contributed by atoms with E-state index in [4.69, 9.17) is 11.6 Å². The van der Waals surface area contributed by atoms with Crippen molar-refractivity contribution in [1.29, 1.82) is 0 Å². The average Bonchev–Trinajstić information content (AvgIpc) is 2.97. The van der Waals surface area contributed by atoms with E-state index in [0.717, 1.165) is 45.7 Å². The molecule has 0 aromatic heterocycles. The lowest BCUT2D eigenvalue weighted by Crippen LogP contribution is -2.49. The monoisotopic (exact) mass is 293 g/mol. The van der Waals surface area contributed by atoms with Crippen molar-refractivity contribution in [3.05, 3.63) is 34.9 Å². The number of carbonyl (C=O) groups is 1. The fourth-order valence-corrected chi connectivity index (χ4v) is 3.27. The van der Waals surface area contributed by atoms with Crippen LogP contribution in [-0.4, -0.2) is 61.0 Å². The van der Waals surface area contributed by atoms with Crippen molar-refractivity contribution < 1.29 is 4.79 Å². The summed E-state index contributed by atoms with van der Waals surface area (Å²) in [6.07, 6.45) is 1.08. The van der Waals surface area contributed by atoms with Crippen LogP contribution in [0.4, 0.5) is 0 Å². The van der Waals surface area contributed by atoms with Crippen molar-refractivity contribution in [3.63, 3.8) is 0 Å². The molecule has 5 heteroatoms. The molecule has 0 spiro atoms. The van der Waals surface area contributed by atoms with Gasteiger partial charge in [-0.05, 0) is 24.6 Å². The lowest BCUT2D eigenvalue weighted by atomic mass is 10.2. The van der Waals surface area contributed by atoms with Crippen molar-refractivity contribution in [2.75, 3.05) is 39.3 Å². The van der Waals surface area contributed by atoms with E-state index in [1.54, 1.807) is 12.1 Å². The number of hydrogen-bond donors (Lipinski definition) is 1. The van der Waals surface area contributed by atoms with E-state index in [2.05, 4.69) is 10.2 Å². The molecule has 2 heterocycles. The van der Waals surface area contributed by atoms with Crippen molar-refractivity contribution >= 4 is 17.5 Å². The maximum Gasteiger partial charge on any atom is 0.253 e. The molecule has 1 aromatic carbocycles. The van der Waals surface area contributed by atoms with Gasteiger partial charge < -0.3 is 10.2 Å².